The first-order chi connectivity index (χ1) is 6.70. The number of hydrogen-bond donors (Lipinski definition) is 2. The molecule has 0 saturated heterocycles. The van der Waals surface area contributed by atoms with Crippen molar-refractivity contribution in [1.82, 2.24) is 5.32 Å². The Morgan fingerprint density at radius 1 is 1.21 bits per heavy atom. The summed E-state index contributed by atoms with van der Waals surface area (Å²) in [6.07, 6.45) is 5.93. The summed E-state index contributed by atoms with van der Waals surface area (Å²) in [5.74, 6) is 0. The van der Waals surface area contributed by atoms with Crippen LogP contribution in [0, 0.1) is 0 Å². The summed E-state index contributed by atoms with van der Waals surface area (Å²) < 4.78 is 13.4. The van der Waals surface area contributed by atoms with Gasteiger partial charge in [0.25, 0.3) is 0 Å². The van der Waals surface area contributed by atoms with Crippen molar-refractivity contribution < 1.29 is 9.50 Å². The van der Waals surface area contributed by atoms with Gasteiger partial charge in [0.05, 0.1) is 5.60 Å². The van der Waals surface area contributed by atoms with Gasteiger partial charge in [-0.25, -0.2) is 4.39 Å². The Bertz CT molecular complexity index is 194. The molecule has 2 nitrogen and oxygen atoms in total. The van der Waals surface area contributed by atoms with Gasteiger partial charge in [0.1, 0.15) is 6.17 Å². The predicted octanol–water partition coefficient (Wildman–Crippen LogP) is 1.77. The Kier molecular flexibility index (Phi) is 3.07. The molecule has 0 unspecified atom stereocenters. The molecule has 14 heavy (non-hydrogen) atoms. The highest BCUT2D eigenvalue weighted by molar-refractivity contribution is 4.92. The number of aliphatic hydroxyl groups is 1. The van der Waals surface area contributed by atoms with Gasteiger partial charge in [-0.1, -0.05) is 12.8 Å². The molecule has 2 N–H and O–H groups in total. The van der Waals surface area contributed by atoms with Gasteiger partial charge >= 0.3 is 0 Å². The van der Waals surface area contributed by atoms with Crippen molar-refractivity contribution >= 4 is 0 Å². The SMILES string of the molecule is OC1(CN[C@@H]2CCCC[C@H]2F)CCC1. The molecule has 0 amide bonds. The van der Waals surface area contributed by atoms with E-state index in [-0.39, 0.29) is 6.04 Å². The van der Waals surface area contributed by atoms with E-state index in [9.17, 15) is 9.50 Å². The molecule has 2 saturated carbocycles. The van der Waals surface area contributed by atoms with E-state index in [4.69, 9.17) is 0 Å². The minimum absolute atomic E-state index is 0.00613. The zero-order valence-corrected chi connectivity index (χ0v) is 8.64. The van der Waals surface area contributed by atoms with Crippen molar-refractivity contribution in [2.45, 2.75) is 62.8 Å². The van der Waals surface area contributed by atoms with E-state index in [1.54, 1.807) is 0 Å². The molecule has 0 aromatic carbocycles. The largest absolute Gasteiger partial charge is 0.389 e. The minimum Gasteiger partial charge on any atom is -0.389 e. The molecule has 2 aliphatic rings. The average molecular weight is 201 g/mol. The fourth-order valence-electron chi connectivity index (χ4n) is 2.40. The lowest BCUT2D eigenvalue weighted by Gasteiger charge is -2.39. The standard InChI is InChI=1S/C11H20FNO/c12-9-4-1-2-5-10(9)13-8-11(14)6-3-7-11/h9-10,13-14H,1-8H2/t9-,10-/m1/s1. The van der Waals surface area contributed by atoms with E-state index in [1.165, 1.54) is 0 Å². The van der Waals surface area contributed by atoms with Gasteiger partial charge in [-0.2, -0.15) is 0 Å². The van der Waals surface area contributed by atoms with Gasteiger partial charge in [0.2, 0.25) is 0 Å². The molecule has 82 valence electrons. The molecule has 2 aliphatic carbocycles. The summed E-state index contributed by atoms with van der Waals surface area (Å²) in [5.41, 5.74) is -0.517. The molecule has 0 bridgehead atoms. The van der Waals surface area contributed by atoms with Crippen molar-refractivity contribution in [3.8, 4) is 0 Å². The molecule has 2 fully saturated rings. The quantitative estimate of drug-likeness (QED) is 0.729. The number of rotatable bonds is 3. The van der Waals surface area contributed by atoms with E-state index >= 15 is 0 Å². The van der Waals surface area contributed by atoms with Crippen LogP contribution < -0.4 is 5.32 Å². The Balaban J connectivity index is 1.73. The monoisotopic (exact) mass is 201 g/mol. The fourth-order valence-corrected chi connectivity index (χ4v) is 2.40. The lowest BCUT2D eigenvalue weighted by atomic mass is 9.80. The Morgan fingerprint density at radius 2 is 1.93 bits per heavy atom. The van der Waals surface area contributed by atoms with Gasteiger partial charge in [0.15, 0.2) is 0 Å². The first-order valence-corrected chi connectivity index (χ1v) is 5.79. The minimum atomic E-state index is -0.701. The summed E-state index contributed by atoms with van der Waals surface area (Å²) in [6.45, 7) is 0.581. The summed E-state index contributed by atoms with van der Waals surface area (Å²) in [6, 6.07) is -0.00613. The Morgan fingerprint density at radius 3 is 2.50 bits per heavy atom. The second-order valence-electron chi connectivity index (χ2n) is 4.87. The van der Waals surface area contributed by atoms with E-state index in [0.717, 1.165) is 38.5 Å². The summed E-state index contributed by atoms with van der Waals surface area (Å²) in [4.78, 5) is 0. The molecular formula is C11H20FNO. The van der Waals surface area contributed by atoms with Crippen LogP contribution in [0.4, 0.5) is 4.39 Å². The van der Waals surface area contributed by atoms with Crippen molar-refractivity contribution in [2.24, 2.45) is 0 Å². The summed E-state index contributed by atoms with van der Waals surface area (Å²) >= 11 is 0. The molecule has 0 heterocycles. The molecule has 2 atom stereocenters. The second kappa shape index (κ2) is 4.15. The van der Waals surface area contributed by atoms with Crippen LogP contribution in [-0.4, -0.2) is 29.5 Å². The van der Waals surface area contributed by atoms with E-state index < -0.39 is 11.8 Å². The highest BCUT2D eigenvalue weighted by atomic mass is 19.1. The van der Waals surface area contributed by atoms with Crippen LogP contribution in [0.25, 0.3) is 0 Å². The number of alkyl halides is 1. The normalized spacial score (nSPS) is 36.4. The first kappa shape index (κ1) is 10.4. The zero-order valence-electron chi connectivity index (χ0n) is 8.64. The van der Waals surface area contributed by atoms with Gasteiger partial charge < -0.3 is 10.4 Å². The highest BCUT2D eigenvalue weighted by Gasteiger charge is 2.35. The van der Waals surface area contributed by atoms with Gasteiger partial charge in [0, 0.05) is 12.6 Å². The third-order valence-corrected chi connectivity index (χ3v) is 3.66. The number of hydrogen-bond acceptors (Lipinski definition) is 2. The molecule has 0 spiro atoms. The third kappa shape index (κ3) is 2.26. The molecule has 0 aromatic rings. The van der Waals surface area contributed by atoms with Crippen LogP contribution in [0.5, 0.6) is 0 Å². The Labute approximate surface area is 84.9 Å². The van der Waals surface area contributed by atoms with Crippen LogP contribution >= 0.6 is 0 Å². The van der Waals surface area contributed by atoms with Crippen LogP contribution in [0.15, 0.2) is 0 Å². The van der Waals surface area contributed by atoms with Crippen molar-refractivity contribution in [2.75, 3.05) is 6.54 Å². The maximum atomic E-state index is 13.4. The van der Waals surface area contributed by atoms with Crippen LogP contribution in [-0.2, 0) is 0 Å². The zero-order chi connectivity index (χ0) is 10.0. The molecule has 0 radical (unpaired) electrons. The molecular weight excluding hydrogens is 181 g/mol. The van der Waals surface area contributed by atoms with Crippen LogP contribution in [0.2, 0.25) is 0 Å². The summed E-state index contributed by atoms with van der Waals surface area (Å²) in [7, 11) is 0. The van der Waals surface area contributed by atoms with Crippen molar-refractivity contribution in [3.63, 3.8) is 0 Å². The van der Waals surface area contributed by atoms with E-state index in [2.05, 4.69) is 5.32 Å². The smallest absolute Gasteiger partial charge is 0.115 e. The lowest BCUT2D eigenvalue weighted by molar-refractivity contribution is -0.0360. The number of halogens is 1. The van der Waals surface area contributed by atoms with Crippen LogP contribution in [0.1, 0.15) is 44.9 Å². The fraction of sp³-hybridized carbons (Fsp3) is 1.00. The second-order valence-corrected chi connectivity index (χ2v) is 4.87. The van der Waals surface area contributed by atoms with Crippen LogP contribution in [0.3, 0.4) is 0 Å². The topological polar surface area (TPSA) is 32.3 Å². The van der Waals surface area contributed by atoms with Gasteiger partial charge in [-0.3, -0.25) is 0 Å². The maximum absolute atomic E-state index is 13.4. The summed E-state index contributed by atoms with van der Waals surface area (Å²) in [5, 5.41) is 13.0. The Hall–Kier alpha value is -0.150. The first-order valence-electron chi connectivity index (χ1n) is 5.79. The van der Waals surface area contributed by atoms with E-state index in [0.29, 0.717) is 13.0 Å². The van der Waals surface area contributed by atoms with Gasteiger partial charge in [-0.15, -0.1) is 0 Å². The molecule has 0 aliphatic heterocycles. The molecule has 3 heteroatoms. The van der Waals surface area contributed by atoms with Gasteiger partial charge in [-0.05, 0) is 32.1 Å². The maximum Gasteiger partial charge on any atom is 0.115 e. The van der Waals surface area contributed by atoms with E-state index in [1.807, 2.05) is 0 Å². The third-order valence-electron chi connectivity index (χ3n) is 3.66. The van der Waals surface area contributed by atoms with Crippen molar-refractivity contribution in [3.05, 3.63) is 0 Å². The molecule has 0 aromatic heterocycles. The lowest BCUT2D eigenvalue weighted by Crippen LogP contribution is -2.51. The van der Waals surface area contributed by atoms with Crippen molar-refractivity contribution in [1.29, 1.82) is 0 Å². The molecule has 2 rings (SSSR count). The number of nitrogens with one attached hydrogen (secondary N) is 1. The average Bonchev–Trinajstić information content (AvgIpc) is 2.14. The highest BCUT2D eigenvalue weighted by Crippen LogP contribution is 2.31. The predicted molar refractivity (Wildman–Crippen MR) is 54.0 cm³/mol.